The lowest BCUT2D eigenvalue weighted by atomic mass is 10.2. The summed E-state index contributed by atoms with van der Waals surface area (Å²) >= 11 is 5.14. The Bertz CT molecular complexity index is 1040. The maximum Gasteiger partial charge on any atom is 0.336 e. The molecule has 0 saturated heterocycles. The highest BCUT2D eigenvalue weighted by atomic mass is 32.1. The van der Waals surface area contributed by atoms with Gasteiger partial charge in [-0.3, -0.25) is 5.43 Å². The van der Waals surface area contributed by atoms with E-state index in [4.69, 9.17) is 26.1 Å². The molecule has 0 atom stereocenters. The molecule has 3 rings (SSSR count). The largest absolute Gasteiger partial charge is 0.497 e. The molecule has 0 unspecified atom stereocenters. The van der Waals surface area contributed by atoms with Gasteiger partial charge >= 0.3 is 5.97 Å². The molecular formula is C23H21N3O4S. The Morgan fingerprint density at radius 1 is 1.06 bits per heavy atom. The molecule has 0 radical (unpaired) electrons. The highest BCUT2D eigenvalue weighted by molar-refractivity contribution is 7.80. The van der Waals surface area contributed by atoms with Crippen LogP contribution in [0.2, 0.25) is 0 Å². The molecule has 0 saturated carbocycles. The average molecular weight is 436 g/mol. The van der Waals surface area contributed by atoms with Crippen molar-refractivity contribution in [2.75, 3.05) is 7.11 Å². The number of ether oxygens (including phenoxy) is 2. The molecule has 8 heteroatoms. The fraction of sp³-hybridized carbons (Fsp3) is 0.0870. The number of hydrogen-bond donors (Lipinski definition) is 2. The quantitative estimate of drug-likeness (QED) is 0.139. The van der Waals surface area contributed by atoms with E-state index in [1.807, 2.05) is 36.4 Å². The van der Waals surface area contributed by atoms with E-state index in [2.05, 4.69) is 15.8 Å². The van der Waals surface area contributed by atoms with Gasteiger partial charge in [-0.2, -0.15) is 5.10 Å². The third kappa shape index (κ3) is 7.45. The number of carbonyl (C=O) groups is 1. The van der Waals surface area contributed by atoms with Crippen LogP contribution in [-0.2, 0) is 11.3 Å². The minimum atomic E-state index is -0.466. The number of thiocarbonyl (C=S) groups is 1. The summed E-state index contributed by atoms with van der Waals surface area (Å²) in [5.41, 5.74) is 4.41. The number of methoxy groups -OCH3 is 1. The normalized spacial score (nSPS) is 10.9. The third-order valence-corrected chi connectivity index (χ3v) is 4.24. The summed E-state index contributed by atoms with van der Waals surface area (Å²) in [6.45, 7) is 0.474. The van der Waals surface area contributed by atoms with E-state index in [1.54, 1.807) is 49.9 Å². The van der Waals surface area contributed by atoms with Crippen LogP contribution in [0.5, 0.6) is 11.5 Å². The number of esters is 1. The maximum atomic E-state index is 12.0. The zero-order valence-electron chi connectivity index (χ0n) is 16.8. The molecule has 0 aliphatic heterocycles. The van der Waals surface area contributed by atoms with E-state index in [0.717, 1.165) is 22.6 Å². The van der Waals surface area contributed by atoms with Crippen molar-refractivity contribution in [1.82, 2.24) is 10.7 Å². The van der Waals surface area contributed by atoms with Crippen molar-refractivity contribution < 1.29 is 18.7 Å². The number of nitrogens with zero attached hydrogens (tertiary/aromatic N) is 1. The summed E-state index contributed by atoms with van der Waals surface area (Å²) in [5, 5.41) is 7.42. The van der Waals surface area contributed by atoms with E-state index < -0.39 is 5.97 Å². The van der Waals surface area contributed by atoms with Crippen LogP contribution in [0.4, 0.5) is 0 Å². The van der Waals surface area contributed by atoms with E-state index in [9.17, 15) is 4.79 Å². The van der Waals surface area contributed by atoms with E-state index in [-0.39, 0.29) is 0 Å². The van der Waals surface area contributed by atoms with Crippen molar-refractivity contribution >= 4 is 35.6 Å². The molecule has 0 amide bonds. The zero-order valence-corrected chi connectivity index (χ0v) is 17.6. The highest BCUT2D eigenvalue weighted by Gasteiger charge is 2.01. The molecule has 0 aliphatic rings. The van der Waals surface area contributed by atoms with Gasteiger partial charge in [0.25, 0.3) is 0 Å². The molecule has 31 heavy (non-hydrogen) atoms. The molecule has 1 heterocycles. The Kier molecular flexibility index (Phi) is 7.96. The van der Waals surface area contributed by atoms with Gasteiger partial charge in [-0.1, -0.05) is 12.1 Å². The smallest absolute Gasteiger partial charge is 0.336 e. The Labute approximate surface area is 185 Å². The predicted molar refractivity (Wildman–Crippen MR) is 123 cm³/mol. The Morgan fingerprint density at radius 3 is 2.45 bits per heavy atom. The van der Waals surface area contributed by atoms with Crippen LogP contribution in [0.1, 0.15) is 16.9 Å². The molecule has 0 spiro atoms. The van der Waals surface area contributed by atoms with Gasteiger partial charge in [0, 0.05) is 6.08 Å². The van der Waals surface area contributed by atoms with E-state index in [1.165, 1.54) is 6.08 Å². The van der Waals surface area contributed by atoms with Crippen molar-refractivity contribution in [2.24, 2.45) is 5.10 Å². The van der Waals surface area contributed by atoms with Crippen LogP contribution >= 0.6 is 12.2 Å². The lowest BCUT2D eigenvalue weighted by Gasteiger charge is -2.05. The van der Waals surface area contributed by atoms with Crippen molar-refractivity contribution in [2.45, 2.75) is 6.54 Å². The van der Waals surface area contributed by atoms with Gasteiger partial charge in [-0.25, -0.2) is 4.79 Å². The highest BCUT2D eigenvalue weighted by Crippen LogP contribution is 2.14. The summed E-state index contributed by atoms with van der Waals surface area (Å²) in [7, 11) is 1.60. The molecule has 7 nitrogen and oxygen atoms in total. The Balaban J connectivity index is 1.43. The minimum absolute atomic E-state index is 0.377. The fourth-order valence-corrected chi connectivity index (χ4v) is 2.56. The summed E-state index contributed by atoms with van der Waals surface area (Å²) in [5.74, 6) is 1.50. The second-order valence-electron chi connectivity index (χ2n) is 6.23. The summed E-state index contributed by atoms with van der Waals surface area (Å²) < 4.78 is 15.6. The van der Waals surface area contributed by atoms with Crippen LogP contribution in [0.3, 0.4) is 0 Å². The molecule has 0 fully saturated rings. The molecule has 158 valence electrons. The first kappa shape index (κ1) is 21.8. The molecular weight excluding hydrogens is 414 g/mol. The second kappa shape index (κ2) is 11.3. The van der Waals surface area contributed by atoms with Crippen LogP contribution in [-0.4, -0.2) is 24.4 Å². The maximum absolute atomic E-state index is 12.0. The van der Waals surface area contributed by atoms with Crippen LogP contribution < -0.4 is 20.2 Å². The monoisotopic (exact) mass is 435 g/mol. The number of benzene rings is 2. The van der Waals surface area contributed by atoms with Crippen LogP contribution in [0.15, 0.2) is 82.5 Å². The molecule has 2 N–H and O–H groups in total. The lowest BCUT2D eigenvalue weighted by Crippen LogP contribution is -2.31. The summed E-state index contributed by atoms with van der Waals surface area (Å²) in [6, 6.07) is 17.9. The van der Waals surface area contributed by atoms with Crippen LogP contribution in [0.25, 0.3) is 6.08 Å². The fourth-order valence-electron chi connectivity index (χ4n) is 2.44. The summed E-state index contributed by atoms with van der Waals surface area (Å²) in [6.07, 6.45) is 6.26. The summed E-state index contributed by atoms with van der Waals surface area (Å²) in [4.78, 5) is 12.0. The number of nitrogens with one attached hydrogen (secondary N) is 2. The average Bonchev–Trinajstić information content (AvgIpc) is 3.32. The third-order valence-electron chi connectivity index (χ3n) is 4.01. The number of rotatable bonds is 8. The standard InChI is InChI=1S/C23H21N3O4S/c1-28-19-9-4-17(5-10-19)8-13-22(27)30-20-11-6-18(7-12-20)15-25-26-23(31)24-16-21-3-2-14-29-21/h2-15H,16H2,1H3,(H2,24,26,31)/b13-8+,25-15+. The Hall–Kier alpha value is -3.91. The van der Waals surface area contributed by atoms with E-state index >= 15 is 0 Å². The van der Waals surface area contributed by atoms with Gasteiger partial charge < -0.3 is 19.2 Å². The van der Waals surface area contributed by atoms with E-state index in [0.29, 0.717) is 17.4 Å². The van der Waals surface area contributed by atoms with Gasteiger partial charge in [-0.15, -0.1) is 0 Å². The van der Waals surface area contributed by atoms with Crippen LogP contribution in [0, 0.1) is 0 Å². The van der Waals surface area contributed by atoms with Gasteiger partial charge in [0.05, 0.1) is 26.1 Å². The molecule has 0 bridgehead atoms. The SMILES string of the molecule is COc1ccc(/C=C/C(=O)Oc2ccc(/C=N/NC(=S)NCc3ccco3)cc2)cc1. The molecule has 3 aromatic rings. The van der Waals surface area contributed by atoms with Gasteiger partial charge in [-0.05, 0) is 78.0 Å². The molecule has 0 aliphatic carbocycles. The van der Waals surface area contributed by atoms with Gasteiger partial charge in [0.15, 0.2) is 5.11 Å². The van der Waals surface area contributed by atoms with Crippen molar-refractivity contribution in [3.05, 3.63) is 89.9 Å². The number of hydrazone groups is 1. The van der Waals surface area contributed by atoms with Crippen molar-refractivity contribution in [3.8, 4) is 11.5 Å². The number of carbonyl (C=O) groups excluding carboxylic acids is 1. The van der Waals surface area contributed by atoms with Gasteiger partial charge in [0.2, 0.25) is 0 Å². The first-order chi connectivity index (χ1) is 15.1. The van der Waals surface area contributed by atoms with Gasteiger partial charge in [0.1, 0.15) is 17.3 Å². The first-order valence-corrected chi connectivity index (χ1v) is 9.76. The predicted octanol–water partition coefficient (Wildman–Crippen LogP) is 3.91. The molecule has 1 aromatic heterocycles. The zero-order chi connectivity index (χ0) is 21.9. The van der Waals surface area contributed by atoms with Crippen molar-refractivity contribution in [3.63, 3.8) is 0 Å². The topological polar surface area (TPSA) is 85.1 Å². The lowest BCUT2D eigenvalue weighted by molar-refractivity contribution is -0.128. The Morgan fingerprint density at radius 2 is 1.77 bits per heavy atom. The number of furan rings is 1. The second-order valence-corrected chi connectivity index (χ2v) is 6.64. The number of hydrogen-bond acceptors (Lipinski definition) is 6. The minimum Gasteiger partial charge on any atom is -0.497 e. The molecule has 2 aromatic carbocycles. The van der Waals surface area contributed by atoms with Crippen molar-refractivity contribution in [1.29, 1.82) is 0 Å². The first-order valence-electron chi connectivity index (χ1n) is 9.36.